The van der Waals surface area contributed by atoms with Crippen LogP contribution in [0.5, 0.6) is 0 Å². The third-order valence-electron chi connectivity index (χ3n) is 8.72. The predicted octanol–water partition coefficient (Wildman–Crippen LogP) is 9.66. The Kier molecular flexibility index (Phi) is 6.22. The highest BCUT2D eigenvalue weighted by molar-refractivity contribution is 6.12. The molecule has 0 fully saturated rings. The smallest absolute Gasteiger partial charge is 0.189 e. The molecule has 0 saturated heterocycles. The molecule has 3 heterocycles. The minimum Gasteiger partial charge on any atom is -0.309 e. The fraction of sp³-hybridized carbons (Fsp3) is 0. The summed E-state index contributed by atoms with van der Waals surface area (Å²) in [5.41, 5.74) is 7.73. The molecule has 8 aromatic rings. The number of pyridine rings is 1. The molecule has 218 valence electrons. The summed E-state index contributed by atoms with van der Waals surface area (Å²) in [6.07, 6.45) is 3.41. The fourth-order valence-electron chi connectivity index (χ4n) is 6.60. The van der Waals surface area contributed by atoms with Gasteiger partial charge in [0.1, 0.15) is 11.6 Å². The van der Waals surface area contributed by atoms with E-state index >= 15 is 0 Å². The number of hydrogen-bond donors (Lipinski definition) is 0. The van der Waals surface area contributed by atoms with Crippen molar-refractivity contribution in [3.05, 3.63) is 149 Å². The monoisotopic (exact) mass is 610 g/mol. The highest BCUT2D eigenvalue weighted by Gasteiger charge is 2.23. The number of benzene rings is 5. The molecule has 0 atom stereocenters. The number of nitrogens with zero attached hydrogens (tertiary/aromatic N) is 8. The van der Waals surface area contributed by atoms with Gasteiger partial charge in [-0.25, -0.2) is 9.69 Å². The molecule has 5 aromatic carbocycles. The van der Waals surface area contributed by atoms with Crippen molar-refractivity contribution in [3.63, 3.8) is 0 Å². The van der Waals surface area contributed by atoms with Crippen LogP contribution in [0.1, 0.15) is 16.7 Å². The summed E-state index contributed by atoms with van der Waals surface area (Å²) in [5.74, 6) is 0. The van der Waals surface area contributed by atoms with Crippen LogP contribution in [-0.4, -0.2) is 14.1 Å². The predicted molar refractivity (Wildman–Crippen MR) is 185 cm³/mol. The van der Waals surface area contributed by atoms with E-state index in [1.54, 1.807) is 60.9 Å². The maximum Gasteiger partial charge on any atom is 0.189 e. The van der Waals surface area contributed by atoms with Crippen molar-refractivity contribution in [2.45, 2.75) is 0 Å². The molecule has 0 amide bonds. The van der Waals surface area contributed by atoms with Gasteiger partial charge in [-0.05, 0) is 71.8 Å². The van der Waals surface area contributed by atoms with Crippen LogP contribution in [0.25, 0.3) is 75.8 Å². The van der Waals surface area contributed by atoms with Crippen LogP contribution in [-0.2, 0) is 0 Å². The highest BCUT2D eigenvalue weighted by atomic mass is 15.0. The van der Waals surface area contributed by atoms with Crippen molar-refractivity contribution in [1.82, 2.24) is 14.1 Å². The van der Waals surface area contributed by atoms with E-state index in [0.717, 1.165) is 32.7 Å². The normalized spacial score (nSPS) is 10.8. The van der Waals surface area contributed by atoms with Crippen molar-refractivity contribution in [3.8, 4) is 40.7 Å². The summed E-state index contributed by atoms with van der Waals surface area (Å²) in [4.78, 5) is 11.6. The van der Waals surface area contributed by atoms with E-state index in [0.29, 0.717) is 61.5 Å². The molecule has 0 aliphatic heterocycles. The summed E-state index contributed by atoms with van der Waals surface area (Å²) in [6, 6.07) is 36.5. The van der Waals surface area contributed by atoms with Crippen LogP contribution >= 0.6 is 0 Å². The maximum atomic E-state index is 11.1. The Hall–Kier alpha value is -7.70. The minimum absolute atomic E-state index is 0.330. The molecule has 3 aromatic heterocycles. The summed E-state index contributed by atoms with van der Waals surface area (Å²) >= 11 is 0. The second-order valence-electron chi connectivity index (χ2n) is 11.2. The summed E-state index contributed by atoms with van der Waals surface area (Å²) in [5, 5.41) is 34.3. The lowest BCUT2D eigenvalue weighted by Crippen LogP contribution is -2.05. The van der Waals surface area contributed by atoms with E-state index in [4.69, 9.17) is 13.1 Å². The van der Waals surface area contributed by atoms with Gasteiger partial charge in [0.25, 0.3) is 0 Å². The Bertz CT molecular complexity index is 2580. The number of aromatic nitrogens is 3. The summed E-state index contributed by atoms with van der Waals surface area (Å²) in [6.45, 7) is 15.5. The van der Waals surface area contributed by atoms with E-state index in [1.165, 1.54) is 0 Å². The van der Waals surface area contributed by atoms with E-state index in [1.807, 2.05) is 57.7 Å². The van der Waals surface area contributed by atoms with Crippen LogP contribution in [0.3, 0.4) is 0 Å². The lowest BCUT2D eigenvalue weighted by atomic mass is 10.0. The lowest BCUT2D eigenvalue weighted by molar-refractivity contribution is 1.12. The van der Waals surface area contributed by atoms with Gasteiger partial charge in [-0.2, -0.15) is 15.8 Å². The van der Waals surface area contributed by atoms with Crippen LogP contribution in [0.2, 0.25) is 0 Å². The lowest BCUT2D eigenvalue weighted by Gasteiger charge is -2.18. The second-order valence-corrected chi connectivity index (χ2v) is 11.2. The van der Waals surface area contributed by atoms with Gasteiger partial charge in [-0.1, -0.05) is 36.4 Å². The molecule has 8 nitrogen and oxygen atoms in total. The van der Waals surface area contributed by atoms with Crippen molar-refractivity contribution in [2.75, 3.05) is 0 Å². The Morgan fingerprint density at radius 1 is 0.500 bits per heavy atom. The molecule has 0 spiro atoms. The van der Waals surface area contributed by atoms with Gasteiger partial charge in [0.05, 0.1) is 58.8 Å². The second kappa shape index (κ2) is 10.7. The first-order chi connectivity index (χ1) is 23.6. The molecule has 0 N–H and O–H groups in total. The van der Waals surface area contributed by atoms with Crippen molar-refractivity contribution in [2.24, 2.45) is 0 Å². The molecule has 0 aliphatic rings. The maximum absolute atomic E-state index is 11.1. The van der Waals surface area contributed by atoms with E-state index in [2.05, 4.69) is 32.9 Å². The molecular weight excluding hydrogens is 592 g/mol. The molecule has 0 aliphatic carbocycles. The summed E-state index contributed by atoms with van der Waals surface area (Å²) < 4.78 is 3.90. The van der Waals surface area contributed by atoms with Gasteiger partial charge in [0, 0.05) is 45.0 Å². The van der Waals surface area contributed by atoms with E-state index in [-0.39, 0.29) is 0 Å². The van der Waals surface area contributed by atoms with Crippen LogP contribution in [0.15, 0.2) is 109 Å². The average Bonchev–Trinajstić information content (AvgIpc) is 3.64. The molecule has 48 heavy (non-hydrogen) atoms. The fourth-order valence-corrected chi connectivity index (χ4v) is 6.60. The Labute approximate surface area is 274 Å². The molecule has 0 radical (unpaired) electrons. The number of hydrogen-bond acceptors (Lipinski definition) is 4. The van der Waals surface area contributed by atoms with Gasteiger partial charge in [-0.3, -0.25) is 4.98 Å². The van der Waals surface area contributed by atoms with Gasteiger partial charge in [-0.15, -0.1) is 0 Å². The average molecular weight is 611 g/mol. The number of nitriles is 3. The van der Waals surface area contributed by atoms with Gasteiger partial charge >= 0.3 is 0 Å². The highest BCUT2D eigenvalue weighted by Crippen LogP contribution is 2.41. The quantitative estimate of drug-likeness (QED) is 0.186. The molecule has 0 saturated carbocycles. The van der Waals surface area contributed by atoms with Crippen LogP contribution in [0, 0.1) is 47.1 Å². The molecule has 8 rings (SSSR count). The van der Waals surface area contributed by atoms with E-state index in [9.17, 15) is 15.8 Å². The van der Waals surface area contributed by atoms with Crippen molar-refractivity contribution >= 4 is 55.0 Å². The molecular formula is C40H18N8. The topological polar surface area (TPSA) is 103 Å². The van der Waals surface area contributed by atoms with Crippen LogP contribution < -0.4 is 0 Å². The van der Waals surface area contributed by atoms with Gasteiger partial charge in [0.15, 0.2) is 11.4 Å². The first-order valence-electron chi connectivity index (χ1n) is 14.8. The zero-order valence-electron chi connectivity index (χ0n) is 25.0. The third kappa shape index (κ3) is 4.08. The number of rotatable bonds is 3. The first kappa shape index (κ1) is 27.8. The van der Waals surface area contributed by atoms with Crippen molar-refractivity contribution < 1.29 is 0 Å². The third-order valence-corrected chi connectivity index (χ3v) is 8.72. The zero-order chi connectivity index (χ0) is 32.9. The Morgan fingerprint density at radius 2 is 0.938 bits per heavy atom. The SMILES string of the molecule is [C-]#[N+]c1ccc2c3ccc(C#N)cc3n(-c3cc(-c4ccncc4)cc(-n4c5cc(C#N)ccc5c5ccc([N+]#[C-])cc54)c3C#N)c2c1. The number of fused-ring (bicyclic) bond motifs is 6. The van der Waals surface area contributed by atoms with Gasteiger partial charge < -0.3 is 9.13 Å². The Morgan fingerprint density at radius 3 is 1.35 bits per heavy atom. The largest absolute Gasteiger partial charge is 0.309 e. The molecule has 8 heteroatoms. The zero-order valence-corrected chi connectivity index (χ0v) is 25.0. The van der Waals surface area contributed by atoms with Crippen LogP contribution in [0.4, 0.5) is 11.4 Å². The van der Waals surface area contributed by atoms with Crippen molar-refractivity contribution in [1.29, 1.82) is 15.8 Å². The Balaban J connectivity index is 1.60. The summed E-state index contributed by atoms with van der Waals surface area (Å²) in [7, 11) is 0. The molecule has 0 unspecified atom stereocenters. The van der Waals surface area contributed by atoms with E-state index < -0.39 is 0 Å². The molecule has 0 bridgehead atoms. The minimum atomic E-state index is 0.330. The first-order valence-corrected chi connectivity index (χ1v) is 14.8. The standard InChI is InChI=1S/C40H18N8/c1-44-28-5-9-32-30-7-3-24(21-41)15-35(30)47(39(32)19-28)37-17-27(26-11-13-46-14-12-26)18-38(34(37)23-43)48-36-16-25(22-42)4-8-31(36)33-10-6-29(45-2)20-40(33)48/h3-20H. The van der Waals surface area contributed by atoms with Gasteiger partial charge in [0.2, 0.25) is 0 Å².